The van der Waals surface area contributed by atoms with Crippen LogP contribution in [0.3, 0.4) is 0 Å². The van der Waals surface area contributed by atoms with Crippen molar-refractivity contribution < 1.29 is 0 Å². The molecule has 18 heavy (non-hydrogen) atoms. The monoisotopic (exact) mass is 370 g/mol. The number of anilines is 3. The first kappa shape index (κ1) is 13.3. The first-order valence-electron chi connectivity index (χ1n) is 5.33. The van der Waals surface area contributed by atoms with Crippen molar-refractivity contribution in [3.05, 3.63) is 38.9 Å². The third kappa shape index (κ3) is 3.00. The zero-order chi connectivity index (χ0) is 13.1. The van der Waals surface area contributed by atoms with Gasteiger partial charge < -0.3 is 10.6 Å². The lowest BCUT2D eigenvalue weighted by molar-refractivity contribution is 1.14. The molecule has 0 saturated heterocycles. The summed E-state index contributed by atoms with van der Waals surface area (Å²) in [6.07, 6.45) is 1.71. The summed E-state index contributed by atoms with van der Waals surface area (Å²) in [5.74, 6) is 1.30. The summed E-state index contributed by atoms with van der Waals surface area (Å²) < 4.78 is 1.81. The lowest BCUT2D eigenvalue weighted by Gasteiger charge is -2.11. The molecule has 1 heterocycles. The predicted molar refractivity (Wildman–Crippen MR) is 81.4 cm³/mol. The highest BCUT2D eigenvalue weighted by Crippen LogP contribution is 2.29. The molecule has 2 N–H and O–H groups in total. The zero-order valence-corrected chi connectivity index (χ0v) is 13.1. The van der Waals surface area contributed by atoms with Crippen LogP contribution in [0.5, 0.6) is 0 Å². The van der Waals surface area contributed by atoms with Gasteiger partial charge in [0.1, 0.15) is 5.82 Å². The van der Waals surface area contributed by atoms with Gasteiger partial charge in [-0.05, 0) is 56.5 Å². The van der Waals surface area contributed by atoms with E-state index in [1.54, 1.807) is 13.2 Å². The number of aryl methyl sites for hydroxylation is 1. The summed E-state index contributed by atoms with van der Waals surface area (Å²) >= 11 is 6.94. The van der Waals surface area contributed by atoms with E-state index in [2.05, 4.69) is 58.5 Å². The number of nitrogens with one attached hydrogen (secondary N) is 2. The molecule has 0 amide bonds. The number of halogens is 2. The SMILES string of the molecule is CNc1ncc(Br)c(Nc2cc(C)ccc2Br)n1. The fraction of sp³-hybridized carbons (Fsp3) is 0.167. The average Bonchev–Trinajstić information content (AvgIpc) is 2.36. The van der Waals surface area contributed by atoms with E-state index < -0.39 is 0 Å². The molecule has 0 atom stereocenters. The molecule has 0 spiro atoms. The van der Waals surface area contributed by atoms with Crippen LogP contribution in [0.25, 0.3) is 0 Å². The van der Waals surface area contributed by atoms with Crippen LogP contribution in [0.4, 0.5) is 17.5 Å². The van der Waals surface area contributed by atoms with Gasteiger partial charge in [-0.2, -0.15) is 4.98 Å². The predicted octanol–water partition coefficient (Wildman–Crippen LogP) is 4.10. The van der Waals surface area contributed by atoms with Gasteiger partial charge in [-0.25, -0.2) is 4.98 Å². The van der Waals surface area contributed by atoms with E-state index in [9.17, 15) is 0 Å². The third-order valence-electron chi connectivity index (χ3n) is 2.34. The summed E-state index contributed by atoms with van der Waals surface area (Å²) in [6, 6.07) is 6.10. The molecular formula is C12H12Br2N4. The standard InChI is InChI=1S/C12H12Br2N4/c1-7-3-4-8(13)10(5-7)17-11-9(14)6-16-12(15-2)18-11/h3-6H,1-2H3,(H2,15,16,17,18). The second-order valence-corrected chi connectivity index (χ2v) is 5.46. The number of rotatable bonds is 3. The molecule has 0 radical (unpaired) electrons. The summed E-state index contributed by atoms with van der Waals surface area (Å²) in [7, 11) is 1.79. The van der Waals surface area contributed by atoms with E-state index >= 15 is 0 Å². The Hall–Kier alpha value is -1.14. The lowest BCUT2D eigenvalue weighted by Crippen LogP contribution is -2.01. The average molecular weight is 372 g/mol. The molecular weight excluding hydrogens is 360 g/mol. The van der Waals surface area contributed by atoms with Gasteiger partial charge in [-0.1, -0.05) is 6.07 Å². The van der Waals surface area contributed by atoms with Crippen LogP contribution in [-0.4, -0.2) is 17.0 Å². The van der Waals surface area contributed by atoms with Gasteiger partial charge in [0, 0.05) is 17.7 Å². The highest BCUT2D eigenvalue weighted by atomic mass is 79.9. The minimum absolute atomic E-state index is 0.574. The number of benzene rings is 1. The summed E-state index contributed by atoms with van der Waals surface area (Å²) in [4.78, 5) is 8.47. The van der Waals surface area contributed by atoms with Crippen molar-refractivity contribution in [2.75, 3.05) is 17.7 Å². The molecule has 0 fully saturated rings. The zero-order valence-electron chi connectivity index (χ0n) is 9.96. The van der Waals surface area contributed by atoms with Crippen molar-refractivity contribution in [1.82, 2.24) is 9.97 Å². The largest absolute Gasteiger partial charge is 0.357 e. The fourth-order valence-corrected chi connectivity index (χ4v) is 2.07. The highest BCUT2D eigenvalue weighted by molar-refractivity contribution is 9.11. The molecule has 0 saturated carbocycles. The van der Waals surface area contributed by atoms with Gasteiger partial charge in [0.2, 0.25) is 5.95 Å². The van der Waals surface area contributed by atoms with Crippen LogP contribution in [0.2, 0.25) is 0 Å². The summed E-state index contributed by atoms with van der Waals surface area (Å²) in [5.41, 5.74) is 2.15. The summed E-state index contributed by atoms with van der Waals surface area (Å²) in [6.45, 7) is 2.05. The molecule has 1 aromatic carbocycles. The van der Waals surface area contributed by atoms with Gasteiger partial charge in [0.15, 0.2) is 0 Å². The fourth-order valence-electron chi connectivity index (χ4n) is 1.44. The molecule has 0 aliphatic heterocycles. The second-order valence-electron chi connectivity index (χ2n) is 3.75. The minimum Gasteiger partial charge on any atom is -0.357 e. The van der Waals surface area contributed by atoms with Crippen molar-refractivity contribution >= 4 is 49.3 Å². The van der Waals surface area contributed by atoms with Gasteiger partial charge in [-0.15, -0.1) is 0 Å². The Kier molecular flexibility index (Phi) is 4.19. The maximum absolute atomic E-state index is 4.36. The Morgan fingerprint density at radius 1 is 1.17 bits per heavy atom. The van der Waals surface area contributed by atoms with Gasteiger partial charge >= 0.3 is 0 Å². The molecule has 6 heteroatoms. The Labute approximate surface area is 122 Å². The number of nitrogens with zero attached hydrogens (tertiary/aromatic N) is 2. The third-order valence-corrected chi connectivity index (χ3v) is 3.61. The van der Waals surface area contributed by atoms with Gasteiger partial charge in [0.25, 0.3) is 0 Å². The molecule has 0 unspecified atom stereocenters. The molecule has 0 bridgehead atoms. The van der Waals surface area contributed by atoms with Gasteiger partial charge in [-0.3, -0.25) is 0 Å². The quantitative estimate of drug-likeness (QED) is 0.852. The topological polar surface area (TPSA) is 49.8 Å². The second kappa shape index (κ2) is 5.67. The Morgan fingerprint density at radius 2 is 1.94 bits per heavy atom. The van der Waals surface area contributed by atoms with Crippen molar-refractivity contribution in [3.63, 3.8) is 0 Å². The number of hydrogen-bond donors (Lipinski definition) is 2. The van der Waals surface area contributed by atoms with Crippen LogP contribution in [0.15, 0.2) is 33.3 Å². The normalized spacial score (nSPS) is 10.2. The smallest absolute Gasteiger partial charge is 0.224 e. The molecule has 0 aliphatic carbocycles. The Bertz CT molecular complexity index is 572. The van der Waals surface area contributed by atoms with E-state index in [0.29, 0.717) is 5.95 Å². The van der Waals surface area contributed by atoms with Crippen LogP contribution in [0, 0.1) is 6.92 Å². The van der Waals surface area contributed by atoms with Crippen LogP contribution in [0.1, 0.15) is 5.56 Å². The van der Waals surface area contributed by atoms with E-state index in [0.717, 1.165) is 20.5 Å². The van der Waals surface area contributed by atoms with Crippen LogP contribution < -0.4 is 10.6 Å². The number of aromatic nitrogens is 2. The first-order valence-corrected chi connectivity index (χ1v) is 6.92. The Morgan fingerprint density at radius 3 is 2.67 bits per heavy atom. The van der Waals surface area contributed by atoms with E-state index in [-0.39, 0.29) is 0 Å². The first-order chi connectivity index (χ1) is 8.60. The van der Waals surface area contributed by atoms with E-state index in [4.69, 9.17) is 0 Å². The molecule has 2 rings (SSSR count). The van der Waals surface area contributed by atoms with Crippen LogP contribution in [-0.2, 0) is 0 Å². The molecule has 0 aliphatic rings. The highest BCUT2D eigenvalue weighted by Gasteiger charge is 2.07. The van der Waals surface area contributed by atoms with Crippen molar-refractivity contribution in [1.29, 1.82) is 0 Å². The minimum atomic E-state index is 0.574. The van der Waals surface area contributed by atoms with Crippen molar-refractivity contribution in [3.8, 4) is 0 Å². The van der Waals surface area contributed by atoms with Crippen LogP contribution >= 0.6 is 31.9 Å². The van der Waals surface area contributed by atoms with E-state index in [1.807, 2.05) is 19.1 Å². The van der Waals surface area contributed by atoms with Crippen molar-refractivity contribution in [2.24, 2.45) is 0 Å². The van der Waals surface area contributed by atoms with E-state index in [1.165, 1.54) is 5.56 Å². The molecule has 94 valence electrons. The molecule has 2 aromatic rings. The van der Waals surface area contributed by atoms with Gasteiger partial charge in [0.05, 0.1) is 10.2 Å². The maximum Gasteiger partial charge on any atom is 0.224 e. The lowest BCUT2D eigenvalue weighted by atomic mass is 10.2. The summed E-state index contributed by atoms with van der Waals surface area (Å²) in [5, 5.41) is 6.18. The Balaban J connectivity index is 2.36. The number of hydrogen-bond acceptors (Lipinski definition) is 4. The molecule has 1 aromatic heterocycles. The maximum atomic E-state index is 4.36. The molecule has 4 nitrogen and oxygen atoms in total. The van der Waals surface area contributed by atoms with Crippen molar-refractivity contribution in [2.45, 2.75) is 6.92 Å².